The minimum atomic E-state index is -3.18. The van der Waals surface area contributed by atoms with Gasteiger partial charge in [0.25, 0.3) is 0 Å². The zero-order chi connectivity index (χ0) is 24.8. The maximum absolute atomic E-state index is 11.5. The van der Waals surface area contributed by atoms with Crippen LogP contribution in [0.2, 0.25) is 5.02 Å². The van der Waals surface area contributed by atoms with Crippen LogP contribution in [0, 0.1) is 16.7 Å². The Kier molecular flexibility index (Phi) is 6.39. The molecule has 3 fully saturated rings. The fourth-order valence-corrected chi connectivity index (χ4v) is 6.69. The van der Waals surface area contributed by atoms with E-state index in [1.807, 2.05) is 43.3 Å². The first-order chi connectivity index (χ1) is 15.9. The summed E-state index contributed by atoms with van der Waals surface area (Å²) in [6.45, 7) is 7.29. The molecule has 3 aliphatic carbocycles. The monoisotopic (exact) mass is 502 g/mol. The number of halogens is 1. The minimum Gasteiger partial charge on any atom is -0.493 e. The normalized spacial score (nSPS) is 23.4. The third-order valence-corrected chi connectivity index (χ3v) is 8.08. The molecule has 0 unspecified atom stereocenters. The van der Waals surface area contributed by atoms with E-state index >= 15 is 0 Å². The number of sulfonamides is 1. The van der Waals surface area contributed by atoms with Crippen molar-refractivity contribution in [1.82, 2.24) is 4.72 Å². The maximum atomic E-state index is 11.5. The van der Waals surface area contributed by atoms with Crippen molar-refractivity contribution in [3.63, 3.8) is 0 Å². The average molecular weight is 503 g/mol. The lowest BCUT2D eigenvalue weighted by molar-refractivity contribution is -0.162. The van der Waals surface area contributed by atoms with Crippen molar-refractivity contribution in [2.24, 2.45) is 5.41 Å². The minimum absolute atomic E-state index is 0.0850. The highest BCUT2D eigenvalue weighted by molar-refractivity contribution is 7.88. The van der Waals surface area contributed by atoms with Crippen molar-refractivity contribution in [1.29, 1.82) is 5.26 Å². The molecular formula is C26H31ClN2O4S. The SMILES string of the molecule is CCCOc1c(Cl)cc(C(C)(C)c2ccc(OCC34CC(NS(C)(=O)=O)(C3)C4)cc2)cc1C#N. The van der Waals surface area contributed by atoms with Gasteiger partial charge in [-0.05, 0) is 61.1 Å². The molecule has 0 heterocycles. The largest absolute Gasteiger partial charge is 0.493 e. The molecule has 1 N–H and O–H groups in total. The van der Waals surface area contributed by atoms with Crippen LogP contribution in [0.3, 0.4) is 0 Å². The zero-order valence-corrected chi connectivity index (χ0v) is 21.6. The Morgan fingerprint density at radius 3 is 2.32 bits per heavy atom. The molecule has 5 rings (SSSR count). The van der Waals surface area contributed by atoms with Crippen LogP contribution in [0.15, 0.2) is 36.4 Å². The van der Waals surface area contributed by atoms with E-state index in [1.54, 1.807) is 0 Å². The summed E-state index contributed by atoms with van der Waals surface area (Å²) in [5.74, 6) is 1.23. The lowest BCUT2D eigenvalue weighted by atomic mass is 9.40. The van der Waals surface area contributed by atoms with E-state index < -0.39 is 10.0 Å². The van der Waals surface area contributed by atoms with Gasteiger partial charge < -0.3 is 9.47 Å². The van der Waals surface area contributed by atoms with Gasteiger partial charge in [0.05, 0.1) is 30.1 Å². The Morgan fingerprint density at radius 1 is 1.12 bits per heavy atom. The van der Waals surface area contributed by atoms with Gasteiger partial charge in [-0.3, -0.25) is 0 Å². The van der Waals surface area contributed by atoms with E-state index in [4.69, 9.17) is 21.1 Å². The van der Waals surface area contributed by atoms with Crippen molar-refractivity contribution < 1.29 is 17.9 Å². The number of hydrogen-bond acceptors (Lipinski definition) is 5. The van der Waals surface area contributed by atoms with Crippen LogP contribution >= 0.6 is 11.6 Å². The average Bonchev–Trinajstić information content (AvgIpc) is 2.72. The molecule has 2 aromatic rings. The fraction of sp³-hybridized carbons (Fsp3) is 0.500. The Morgan fingerprint density at radius 2 is 1.76 bits per heavy atom. The Labute approximate surface area is 207 Å². The van der Waals surface area contributed by atoms with Crippen molar-refractivity contribution in [3.8, 4) is 17.6 Å². The molecule has 0 atom stereocenters. The first kappa shape index (κ1) is 24.8. The second-order valence-corrected chi connectivity index (χ2v) is 12.6. The molecule has 182 valence electrons. The molecule has 0 aromatic heterocycles. The quantitative estimate of drug-likeness (QED) is 0.483. The van der Waals surface area contributed by atoms with Gasteiger partial charge in [-0.1, -0.05) is 44.5 Å². The third-order valence-electron chi connectivity index (χ3n) is 7.00. The Bertz CT molecular complexity index is 1210. The highest BCUT2D eigenvalue weighted by atomic mass is 35.5. The summed E-state index contributed by atoms with van der Waals surface area (Å²) >= 11 is 6.49. The standard InChI is InChI=1S/C26H31ClN2O4S/c1-5-10-32-23-18(13-28)11-20(12-22(23)27)24(2,3)19-6-8-21(9-7-19)33-17-25-14-26(15-25,16-25)29-34(4,30)31/h6-9,11-12,29H,5,10,14-17H2,1-4H3. The van der Waals surface area contributed by atoms with Crippen LogP contribution in [0.25, 0.3) is 0 Å². The predicted molar refractivity (Wildman–Crippen MR) is 133 cm³/mol. The summed E-state index contributed by atoms with van der Waals surface area (Å²) < 4.78 is 37.5. The maximum Gasteiger partial charge on any atom is 0.209 e. The number of benzene rings is 2. The number of nitrogens with one attached hydrogen (secondary N) is 1. The first-order valence-electron chi connectivity index (χ1n) is 11.5. The predicted octanol–water partition coefficient (Wildman–Crippen LogP) is 5.18. The molecule has 0 amide bonds. The van der Waals surface area contributed by atoms with E-state index in [0.29, 0.717) is 29.5 Å². The molecule has 0 radical (unpaired) electrons. The van der Waals surface area contributed by atoms with Crippen LogP contribution in [0.1, 0.15) is 63.1 Å². The molecule has 0 spiro atoms. The lowest BCUT2D eigenvalue weighted by Gasteiger charge is -2.69. The number of ether oxygens (including phenoxy) is 2. The van der Waals surface area contributed by atoms with Gasteiger partial charge in [0.2, 0.25) is 10.0 Å². The molecule has 34 heavy (non-hydrogen) atoms. The van der Waals surface area contributed by atoms with Crippen LogP contribution in [0.4, 0.5) is 0 Å². The summed E-state index contributed by atoms with van der Waals surface area (Å²) in [6.07, 6.45) is 4.54. The molecule has 0 aliphatic heterocycles. The van der Waals surface area contributed by atoms with Gasteiger partial charge in [-0.15, -0.1) is 0 Å². The topological polar surface area (TPSA) is 88.4 Å². The highest BCUT2D eigenvalue weighted by Gasteiger charge is 2.69. The molecule has 2 bridgehead atoms. The van der Waals surface area contributed by atoms with E-state index in [1.165, 1.54) is 6.26 Å². The summed E-state index contributed by atoms with van der Waals surface area (Å²) in [4.78, 5) is 0. The summed E-state index contributed by atoms with van der Waals surface area (Å²) in [5.41, 5.74) is 1.90. The van der Waals surface area contributed by atoms with Crippen molar-refractivity contribution in [3.05, 3.63) is 58.1 Å². The molecular weight excluding hydrogens is 472 g/mol. The second-order valence-electron chi connectivity index (χ2n) is 10.4. The van der Waals surface area contributed by atoms with Crippen molar-refractivity contribution >= 4 is 21.6 Å². The summed E-state index contributed by atoms with van der Waals surface area (Å²) in [5, 5.41) is 10.1. The summed E-state index contributed by atoms with van der Waals surface area (Å²) in [7, 11) is -3.18. The van der Waals surface area contributed by atoms with E-state index in [9.17, 15) is 13.7 Å². The third kappa shape index (κ3) is 4.77. The fourth-order valence-electron chi connectivity index (χ4n) is 5.41. The van der Waals surface area contributed by atoms with Gasteiger partial charge >= 0.3 is 0 Å². The van der Waals surface area contributed by atoms with E-state index in [2.05, 4.69) is 24.6 Å². The number of nitrogens with zero attached hydrogens (tertiary/aromatic N) is 1. The molecule has 2 aromatic carbocycles. The smallest absolute Gasteiger partial charge is 0.209 e. The molecule has 3 saturated carbocycles. The Hall–Kier alpha value is -2.27. The molecule has 3 aliphatic rings. The van der Waals surface area contributed by atoms with Crippen LogP contribution < -0.4 is 14.2 Å². The van der Waals surface area contributed by atoms with Gasteiger partial charge in [0.1, 0.15) is 11.8 Å². The van der Waals surface area contributed by atoms with Crippen LogP contribution in [0.5, 0.6) is 11.5 Å². The number of nitriles is 1. The second kappa shape index (κ2) is 8.75. The lowest BCUT2D eigenvalue weighted by Crippen LogP contribution is -2.76. The number of hydrogen-bond donors (Lipinski definition) is 1. The van der Waals surface area contributed by atoms with Crippen LogP contribution in [-0.4, -0.2) is 33.4 Å². The van der Waals surface area contributed by atoms with Crippen LogP contribution in [-0.2, 0) is 15.4 Å². The molecule has 8 heteroatoms. The van der Waals surface area contributed by atoms with Gasteiger partial charge in [0.15, 0.2) is 5.75 Å². The van der Waals surface area contributed by atoms with E-state index in [0.717, 1.165) is 42.6 Å². The summed E-state index contributed by atoms with van der Waals surface area (Å²) in [6, 6.07) is 13.9. The van der Waals surface area contributed by atoms with Gasteiger partial charge in [0, 0.05) is 16.4 Å². The van der Waals surface area contributed by atoms with Gasteiger partial charge in [-0.25, -0.2) is 13.1 Å². The van der Waals surface area contributed by atoms with Crippen molar-refractivity contribution in [2.45, 2.75) is 57.4 Å². The molecule has 6 nitrogen and oxygen atoms in total. The molecule has 0 saturated heterocycles. The van der Waals surface area contributed by atoms with Crippen molar-refractivity contribution in [2.75, 3.05) is 19.5 Å². The highest BCUT2D eigenvalue weighted by Crippen LogP contribution is 2.67. The van der Waals surface area contributed by atoms with E-state index in [-0.39, 0.29) is 16.4 Å². The Balaban J connectivity index is 1.42. The number of rotatable bonds is 10. The first-order valence-corrected chi connectivity index (χ1v) is 13.8. The zero-order valence-electron chi connectivity index (χ0n) is 20.1. The van der Waals surface area contributed by atoms with Gasteiger partial charge in [-0.2, -0.15) is 5.26 Å².